The van der Waals surface area contributed by atoms with Crippen molar-refractivity contribution in [2.45, 2.75) is 45.9 Å². The first-order valence-corrected chi connectivity index (χ1v) is 9.82. The molecule has 0 aliphatic carbocycles. The first-order valence-electron chi connectivity index (χ1n) is 9.82. The molecule has 1 aliphatic heterocycles. The zero-order valence-electron chi connectivity index (χ0n) is 16.8. The van der Waals surface area contributed by atoms with Crippen molar-refractivity contribution >= 4 is 5.91 Å². The average molecular weight is 393 g/mol. The Morgan fingerprint density at radius 2 is 1.86 bits per heavy atom. The molecule has 0 unspecified atom stereocenters. The normalized spacial score (nSPS) is 16.0. The molecule has 0 bridgehead atoms. The van der Waals surface area contributed by atoms with E-state index in [0.717, 1.165) is 34.6 Å². The van der Waals surface area contributed by atoms with Gasteiger partial charge in [0, 0.05) is 29.2 Å². The van der Waals surface area contributed by atoms with Gasteiger partial charge in [0.1, 0.15) is 5.82 Å². The van der Waals surface area contributed by atoms with Crippen LogP contribution in [0.25, 0.3) is 16.9 Å². The number of carbonyl (C=O) groups is 1. The molecule has 150 valence electrons. The number of nitrogens with zero attached hydrogens (tertiary/aromatic N) is 2. The number of amides is 1. The van der Waals surface area contributed by atoms with Crippen LogP contribution in [0, 0.1) is 5.82 Å². The van der Waals surface area contributed by atoms with Crippen LogP contribution in [-0.2, 0) is 17.8 Å². The van der Waals surface area contributed by atoms with Crippen LogP contribution in [0.5, 0.6) is 0 Å². The Morgan fingerprint density at radius 3 is 2.52 bits per heavy atom. The minimum atomic E-state index is -0.276. The molecule has 4 rings (SSSR count). The first-order chi connectivity index (χ1) is 13.9. The van der Waals surface area contributed by atoms with Crippen LogP contribution in [-0.4, -0.2) is 27.8 Å². The van der Waals surface area contributed by atoms with Crippen molar-refractivity contribution in [3.63, 3.8) is 0 Å². The van der Waals surface area contributed by atoms with E-state index in [1.807, 2.05) is 49.7 Å². The highest BCUT2D eigenvalue weighted by Crippen LogP contribution is 2.32. The Labute approximate surface area is 169 Å². The van der Waals surface area contributed by atoms with Crippen LogP contribution in [0.15, 0.2) is 48.5 Å². The van der Waals surface area contributed by atoms with E-state index in [0.29, 0.717) is 12.2 Å². The van der Waals surface area contributed by atoms with Gasteiger partial charge in [-0.3, -0.25) is 4.79 Å². The Kier molecular flexibility index (Phi) is 5.20. The van der Waals surface area contributed by atoms with Crippen molar-refractivity contribution in [3.05, 3.63) is 71.2 Å². The molecule has 6 heteroatoms. The number of hydrogen-bond acceptors (Lipinski definition) is 3. The number of benzene rings is 2. The van der Waals surface area contributed by atoms with Crippen molar-refractivity contribution in [1.82, 2.24) is 15.1 Å². The summed E-state index contributed by atoms with van der Waals surface area (Å²) < 4.78 is 21.1. The summed E-state index contributed by atoms with van der Waals surface area (Å²) in [6.07, 6.45) is 0.822. The van der Waals surface area contributed by atoms with Gasteiger partial charge in [0.05, 0.1) is 29.8 Å². The smallest absolute Gasteiger partial charge is 0.251 e. The lowest BCUT2D eigenvalue weighted by Gasteiger charge is -2.21. The highest BCUT2D eigenvalue weighted by molar-refractivity contribution is 5.94. The number of rotatable bonds is 4. The van der Waals surface area contributed by atoms with Gasteiger partial charge in [0.2, 0.25) is 0 Å². The highest BCUT2D eigenvalue weighted by atomic mass is 19.1. The van der Waals surface area contributed by atoms with E-state index in [-0.39, 0.29) is 23.9 Å². The summed E-state index contributed by atoms with van der Waals surface area (Å²) in [5, 5.41) is 7.73. The summed E-state index contributed by atoms with van der Waals surface area (Å²) >= 11 is 0. The standard InChI is InChI=1S/C23H24FN3O2/c1-14(2)25-23(28)17-6-4-16(5-7-17)22-20-13-29-15(3)12-21(20)27(26-22)19-10-8-18(24)9-11-19/h4-11,14-15H,12-13H2,1-3H3,(H,25,28)/t15-/m0/s1. The summed E-state index contributed by atoms with van der Waals surface area (Å²) in [6.45, 7) is 6.37. The van der Waals surface area contributed by atoms with Crippen LogP contribution < -0.4 is 5.32 Å². The van der Waals surface area contributed by atoms with E-state index in [9.17, 15) is 9.18 Å². The van der Waals surface area contributed by atoms with Crippen LogP contribution in [0.2, 0.25) is 0 Å². The summed E-state index contributed by atoms with van der Waals surface area (Å²) in [5.41, 5.74) is 5.28. The maximum atomic E-state index is 13.4. The number of halogens is 1. The number of carbonyl (C=O) groups excluding carboxylic acids is 1. The number of hydrogen-bond donors (Lipinski definition) is 1. The van der Waals surface area contributed by atoms with Crippen molar-refractivity contribution in [3.8, 4) is 16.9 Å². The number of fused-ring (bicyclic) bond motifs is 1. The molecule has 0 fully saturated rings. The average Bonchev–Trinajstić information content (AvgIpc) is 3.07. The van der Waals surface area contributed by atoms with Gasteiger partial charge in [0.15, 0.2) is 0 Å². The Morgan fingerprint density at radius 1 is 1.17 bits per heavy atom. The fraction of sp³-hybridized carbons (Fsp3) is 0.304. The molecular weight excluding hydrogens is 369 g/mol. The third-order valence-electron chi connectivity index (χ3n) is 4.99. The number of ether oxygens (including phenoxy) is 1. The van der Waals surface area contributed by atoms with E-state index in [1.165, 1.54) is 12.1 Å². The zero-order chi connectivity index (χ0) is 20.5. The molecule has 1 amide bonds. The van der Waals surface area contributed by atoms with Crippen molar-refractivity contribution in [2.75, 3.05) is 0 Å². The monoisotopic (exact) mass is 393 g/mol. The molecule has 1 aliphatic rings. The molecule has 1 N–H and O–H groups in total. The molecule has 0 spiro atoms. The molecule has 2 heterocycles. The zero-order valence-corrected chi connectivity index (χ0v) is 16.8. The molecule has 1 aromatic heterocycles. The van der Waals surface area contributed by atoms with Gasteiger partial charge in [-0.15, -0.1) is 0 Å². The van der Waals surface area contributed by atoms with Gasteiger partial charge in [-0.2, -0.15) is 5.10 Å². The lowest BCUT2D eigenvalue weighted by atomic mass is 10.0. The van der Waals surface area contributed by atoms with E-state index >= 15 is 0 Å². The first kappa shape index (κ1) is 19.3. The second-order valence-electron chi connectivity index (χ2n) is 7.69. The third-order valence-corrected chi connectivity index (χ3v) is 4.99. The second-order valence-corrected chi connectivity index (χ2v) is 7.69. The van der Waals surface area contributed by atoms with Crippen LogP contribution in [0.1, 0.15) is 42.4 Å². The summed E-state index contributed by atoms with van der Waals surface area (Å²) in [7, 11) is 0. The molecule has 0 radical (unpaired) electrons. The van der Waals surface area contributed by atoms with Gasteiger partial charge < -0.3 is 10.1 Å². The van der Waals surface area contributed by atoms with Gasteiger partial charge >= 0.3 is 0 Å². The fourth-order valence-corrected chi connectivity index (χ4v) is 3.56. The van der Waals surface area contributed by atoms with Gasteiger partial charge in [-0.1, -0.05) is 12.1 Å². The molecule has 0 saturated carbocycles. The Balaban J connectivity index is 1.73. The third kappa shape index (κ3) is 3.93. The quantitative estimate of drug-likeness (QED) is 0.720. The molecule has 29 heavy (non-hydrogen) atoms. The van der Waals surface area contributed by atoms with Crippen molar-refractivity contribution in [1.29, 1.82) is 0 Å². The Hall–Kier alpha value is -2.99. The largest absolute Gasteiger partial charge is 0.373 e. The number of aromatic nitrogens is 2. The van der Waals surface area contributed by atoms with Crippen LogP contribution in [0.4, 0.5) is 4.39 Å². The second kappa shape index (κ2) is 7.79. The predicted octanol–water partition coefficient (Wildman–Crippen LogP) is 4.28. The lowest BCUT2D eigenvalue weighted by molar-refractivity contribution is 0.0401. The molecule has 1 atom stereocenters. The van der Waals surface area contributed by atoms with Crippen molar-refractivity contribution < 1.29 is 13.9 Å². The van der Waals surface area contributed by atoms with Crippen LogP contribution in [0.3, 0.4) is 0 Å². The van der Waals surface area contributed by atoms with E-state index in [2.05, 4.69) is 5.32 Å². The van der Waals surface area contributed by atoms with Gasteiger partial charge in [-0.05, 0) is 57.2 Å². The summed E-state index contributed by atoms with van der Waals surface area (Å²) in [5.74, 6) is -0.371. The molecular formula is C23H24FN3O2. The summed E-state index contributed by atoms with van der Waals surface area (Å²) in [6, 6.07) is 13.8. The maximum Gasteiger partial charge on any atom is 0.251 e. The van der Waals surface area contributed by atoms with E-state index < -0.39 is 0 Å². The minimum Gasteiger partial charge on any atom is -0.373 e. The van der Waals surface area contributed by atoms with Crippen LogP contribution >= 0.6 is 0 Å². The molecule has 0 saturated heterocycles. The Bertz CT molecular complexity index is 1020. The molecule has 2 aromatic carbocycles. The minimum absolute atomic E-state index is 0.0831. The SMILES string of the molecule is CC(C)NC(=O)c1ccc(-c2nn(-c3ccc(F)cc3)c3c2CO[C@@H](C)C3)cc1. The maximum absolute atomic E-state index is 13.4. The van der Waals surface area contributed by atoms with E-state index in [1.54, 1.807) is 12.1 Å². The van der Waals surface area contributed by atoms with Gasteiger partial charge in [-0.25, -0.2) is 9.07 Å². The molecule has 3 aromatic rings. The summed E-state index contributed by atoms with van der Waals surface area (Å²) in [4.78, 5) is 12.2. The fourth-order valence-electron chi connectivity index (χ4n) is 3.56. The van der Waals surface area contributed by atoms with E-state index in [4.69, 9.17) is 9.84 Å². The molecule has 5 nitrogen and oxygen atoms in total. The topological polar surface area (TPSA) is 56.2 Å². The highest BCUT2D eigenvalue weighted by Gasteiger charge is 2.26. The van der Waals surface area contributed by atoms with Crippen molar-refractivity contribution in [2.24, 2.45) is 0 Å². The predicted molar refractivity (Wildman–Crippen MR) is 110 cm³/mol. The lowest BCUT2D eigenvalue weighted by Crippen LogP contribution is -2.29. The number of nitrogens with one attached hydrogen (secondary N) is 1. The van der Waals surface area contributed by atoms with Gasteiger partial charge in [0.25, 0.3) is 5.91 Å².